The van der Waals surface area contributed by atoms with Gasteiger partial charge in [-0.25, -0.2) is 13.6 Å². The highest BCUT2D eigenvalue weighted by Gasteiger charge is 2.29. The molecule has 8 heteroatoms. The van der Waals surface area contributed by atoms with Crippen LogP contribution in [-0.4, -0.2) is 32.3 Å². The van der Waals surface area contributed by atoms with E-state index in [4.69, 9.17) is 28.3 Å². The quantitative estimate of drug-likeness (QED) is 0.898. The Balaban J connectivity index is 2.49. The van der Waals surface area contributed by atoms with Crippen LogP contribution in [0.2, 0.25) is 10.0 Å². The average molecular weight is 337 g/mol. The van der Waals surface area contributed by atoms with E-state index in [1.54, 1.807) is 4.90 Å². The molecule has 1 aliphatic rings. The molecule has 1 aromatic rings. The van der Waals surface area contributed by atoms with E-state index in [2.05, 4.69) is 0 Å². The fourth-order valence-corrected chi connectivity index (χ4v) is 3.69. The predicted molar refractivity (Wildman–Crippen MR) is 77.5 cm³/mol. The van der Waals surface area contributed by atoms with E-state index in [1.807, 2.05) is 6.92 Å². The highest BCUT2D eigenvalue weighted by Crippen LogP contribution is 2.32. The van der Waals surface area contributed by atoms with Gasteiger partial charge in [-0.15, -0.1) is 0 Å². The van der Waals surface area contributed by atoms with Crippen molar-refractivity contribution in [2.24, 2.45) is 11.1 Å². The molecule has 1 unspecified atom stereocenters. The first-order valence-electron chi connectivity index (χ1n) is 6.02. The SMILES string of the molecule is CC1CCN(C(=O)c2c(Cl)ccc(S(N)(=O)=O)c2Cl)C1. The number of hydrogen-bond acceptors (Lipinski definition) is 3. The molecule has 5 nitrogen and oxygen atoms in total. The Kier molecular flexibility index (Phi) is 4.30. The number of primary sulfonamides is 1. The Morgan fingerprint density at radius 3 is 2.55 bits per heavy atom. The molecule has 0 saturated carbocycles. The van der Waals surface area contributed by atoms with E-state index in [0.29, 0.717) is 19.0 Å². The molecule has 1 aromatic carbocycles. The summed E-state index contributed by atoms with van der Waals surface area (Å²) in [5.74, 6) is 0.0350. The second-order valence-corrected chi connectivity index (χ2v) is 7.24. The zero-order valence-corrected chi connectivity index (χ0v) is 13.1. The minimum atomic E-state index is -4.00. The van der Waals surface area contributed by atoms with E-state index in [9.17, 15) is 13.2 Å². The van der Waals surface area contributed by atoms with E-state index >= 15 is 0 Å². The van der Waals surface area contributed by atoms with Gasteiger partial charge in [0.2, 0.25) is 10.0 Å². The maximum absolute atomic E-state index is 12.4. The van der Waals surface area contributed by atoms with Crippen molar-refractivity contribution in [1.82, 2.24) is 4.90 Å². The van der Waals surface area contributed by atoms with Crippen molar-refractivity contribution < 1.29 is 13.2 Å². The van der Waals surface area contributed by atoms with Gasteiger partial charge in [0, 0.05) is 13.1 Å². The summed E-state index contributed by atoms with van der Waals surface area (Å²) >= 11 is 12.0. The molecule has 2 N–H and O–H groups in total. The molecular weight excluding hydrogens is 323 g/mol. The molecule has 0 aliphatic carbocycles. The van der Waals surface area contributed by atoms with E-state index in [1.165, 1.54) is 12.1 Å². The number of amides is 1. The molecule has 1 aliphatic heterocycles. The van der Waals surface area contributed by atoms with Gasteiger partial charge >= 0.3 is 0 Å². The van der Waals surface area contributed by atoms with E-state index in [-0.39, 0.29) is 26.4 Å². The first-order valence-corrected chi connectivity index (χ1v) is 8.32. The zero-order valence-electron chi connectivity index (χ0n) is 10.8. The van der Waals surface area contributed by atoms with Crippen molar-refractivity contribution in [3.63, 3.8) is 0 Å². The number of hydrogen-bond donors (Lipinski definition) is 1. The highest BCUT2D eigenvalue weighted by molar-refractivity contribution is 7.89. The summed E-state index contributed by atoms with van der Waals surface area (Å²) in [6.45, 7) is 3.24. The Labute approximate surface area is 127 Å². The predicted octanol–water partition coefficient (Wildman–Crippen LogP) is 2.12. The van der Waals surface area contributed by atoms with Crippen LogP contribution in [0.15, 0.2) is 17.0 Å². The third-order valence-electron chi connectivity index (χ3n) is 3.29. The van der Waals surface area contributed by atoms with Gasteiger partial charge in [-0.05, 0) is 24.5 Å². The molecule has 0 aromatic heterocycles. The number of nitrogens with two attached hydrogens (primary N) is 1. The molecule has 0 bridgehead atoms. The summed E-state index contributed by atoms with van der Waals surface area (Å²) in [7, 11) is -4.00. The summed E-state index contributed by atoms with van der Waals surface area (Å²) in [4.78, 5) is 13.8. The molecular formula is C12H14Cl2N2O3S. The number of sulfonamides is 1. The number of carbonyl (C=O) groups excluding carboxylic acids is 1. The molecule has 1 atom stereocenters. The fourth-order valence-electron chi connectivity index (χ4n) is 2.23. The lowest BCUT2D eigenvalue weighted by Crippen LogP contribution is -2.29. The maximum atomic E-state index is 12.4. The molecule has 1 amide bonds. The van der Waals surface area contributed by atoms with Crippen LogP contribution in [-0.2, 0) is 10.0 Å². The molecule has 0 radical (unpaired) electrons. The van der Waals surface area contributed by atoms with E-state index in [0.717, 1.165) is 6.42 Å². The molecule has 110 valence electrons. The number of carbonyl (C=O) groups is 1. The Hall–Kier alpha value is -0.820. The highest BCUT2D eigenvalue weighted by atomic mass is 35.5. The van der Waals surface area contributed by atoms with Gasteiger partial charge in [0.25, 0.3) is 5.91 Å². The van der Waals surface area contributed by atoms with Gasteiger partial charge in [0.1, 0.15) is 4.90 Å². The minimum Gasteiger partial charge on any atom is -0.338 e. The Bertz CT molecular complexity index is 661. The lowest BCUT2D eigenvalue weighted by atomic mass is 10.2. The molecule has 0 spiro atoms. The van der Waals surface area contributed by atoms with Crippen LogP contribution in [0.3, 0.4) is 0 Å². The van der Waals surface area contributed by atoms with Crippen molar-refractivity contribution >= 4 is 39.1 Å². The van der Waals surface area contributed by atoms with Crippen LogP contribution in [0.25, 0.3) is 0 Å². The normalized spacial score (nSPS) is 19.4. The van der Waals surface area contributed by atoms with Gasteiger partial charge in [-0.2, -0.15) is 0 Å². The monoisotopic (exact) mass is 336 g/mol. The van der Waals surface area contributed by atoms with Crippen molar-refractivity contribution in [2.75, 3.05) is 13.1 Å². The molecule has 20 heavy (non-hydrogen) atoms. The fraction of sp³-hybridized carbons (Fsp3) is 0.417. The number of likely N-dealkylation sites (tertiary alicyclic amines) is 1. The maximum Gasteiger partial charge on any atom is 0.256 e. The summed E-state index contributed by atoms with van der Waals surface area (Å²) in [6.07, 6.45) is 0.899. The van der Waals surface area contributed by atoms with Crippen LogP contribution in [0.5, 0.6) is 0 Å². The third-order valence-corrected chi connectivity index (χ3v) is 5.06. The summed E-state index contributed by atoms with van der Waals surface area (Å²) < 4.78 is 22.9. The largest absolute Gasteiger partial charge is 0.338 e. The van der Waals surface area contributed by atoms with Crippen LogP contribution in [0, 0.1) is 5.92 Å². The van der Waals surface area contributed by atoms with Gasteiger partial charge in [0.05, 0.1) is 15.6 Å². The van der Waals surface area contributed by atoms with Crippen LogP contribution < -0.4 is 5.14 Å². The van der Waals surface area contributed by atoms with Crippen LogP contribution >= 0.6 is 23.2 Å². The summed E-state index contributed by atoms with van der Waals surface area (Å²) in [5, 5.41) is 4.97. The second-order valence-electron chi connectivity index (χ2n) is 4.92. The van der Waals surface area contributed by atoms with Gasteiger partial charge in [-0.1, -0.05) is 30.1 Å². The summed E-state index contributed by atoms with van der Waals surface area (Å²) in [6, 6.07) is 2.52. The molecule has 2 rings (SSSR count). The molecule has 1 fully saturated rings. The van der Waals surface area contributed by atoms with Gasteiger partial charge in [0.15, 0.2) is 0 Å². The van der Waals surface area contributed by atoms with Gasteiger partial charge in [-0.3, -0.25) is 4.79 Å². The minimum absolute atomic E-state index is 0.00559. The van der Waals surface area contributed by atoms with Crippen LogP contribution in [0.4, 0.5) is 0 Å². The first-order chi connectivity index (χ1) is 9.21. The van der Waals surface area contributed by atoms with Crippen LogP contribution in [0.1, 0.15) is 23.7 Å². The average Bonchev–Trinajstić information content (AvgIpc) is 2.74. The Morgan fingerprint density at radius 1 is 1.40 bits per heavy atom. The third kappa shape index (κ3) is 2.93. The number of rotatable bonds is 2. The van der Waals surface area contributed by atoms with Crippen molar-refractivity contribution in [3.8, 4) is 0 Å². The topological polar surface area (TPSA) is 80.5 Å². The number of benzene rings is 1. The smallest absolute Gasteiger partial charge is 0.256 e. The standard InChI is InChI=1S/C12H14Cl2N2O3S/c1-7-4-5-16(6-7)12(17)10-8(13)2-3-9(11(10)14)20(15,18)19/h2-3,7H,4-6H2,1H3,(H2,15,18,19). The molecule has 1 heterocycles. The lowest BCUT2D eigenvalue weighted by Gasteiger charge is -2.18. The zero-order chi connectivity index (χ0) is 15.1. The Morgan fingerprint density at radius 2 is 2.05 bits per heavy atom. The first kappa shape index (κ1) is 15.6. The number of nitrogens with zero attached hydrogens (tertiary/aromatic N) is 1. The lowest BCUT2D eigenvalue weighted by molar-refractivity contribution is 0.0788. The second kappa shape index (κ2) is 5.52. The number of halogens is 2. The van der Waals surface area contributed by atoms with Gasteiger partial charge < -0.3 is 4.90 Å². The summed E-state index contributed by atoms with van der Waals surface area (Å²) in [5.41, 5.74) is -0.00559. The van der Waals surface area contributed by atoms with Crippen molar-refractivity contribution in [2.45, 2.75) is 18.2 Å². The van der Waals surface area contributed by atoms with E-state index < -0.39 is 10.0 Å². The molecule has 1 saturated heterocycles. The van der Waals surface area contributed by atoms with Crippen molar-refractivity contribution in [3.05, 3.63) is 27.7 Å². The van der Waals surface area contributed by atoms with Crippen molar-refractivity contribution in [1.29, 1.82) is 0 Å².